The molecule has 1 aromatic rings. The van der Waals surface area contributed by atoms with Crippen LogP contribution in [0.2, 0.25) is 0 Å². The highest BCUT2D eigenvalue weighted by Crippen LogP contribution is 2.19. The first-order valence-corrected chi connectivity index (χ1v) is 7.07. The smallest absolute Gasteiger partial charge is 0.225 e. The second-order valence-corrected chi connectivity index (χ2v) is 5.58. The van der Waals surface area contributed by atoms with Crippen molar-refractivity contribution in [3.63, 3.8) is 0 Å². The Hall–Kier alpha value is -1.86. The van der Waals surface area contributed by atoms with Gasteiger partial charge >= 0.3 is 0 Å². The first-order chi connectivity index (χ1) is 9.60. The number of piperidine rings is 1. The average molecular weight is 271 g/mol. The Morgan fingerprint density at radius 3 is 3.05 bits per heavy atom. The minimum atomic E-state index is 0.121. The van der Waals surface area contributed by atoms with Crippen LogP contribution in [0.15, 0.2) is 24.3 Å². The van der Waals surface area contributed by atoms with Gasteiger partial charge in [0.2, 0.25) is 5.91 Å². The summed E-state index contributed by atoms with van der Waals surface area (Å²) in [6.07, 6.45) is 1.81. The van der Waals surface area contributed by atoms with Crippen LogP contribution in [0.25, 0.3) is 0 Å². The zero-order chi connectivity index (χ0) is 14.5. The van der Waals surface area contributed by atoms with Gasteiger partial charge in [-0.2, -0.15) is 5.26 Å². The van der Waals surface area contributed by atoms with Crippen molar-refractivity contribution in [3.05, 3.63) is 35.4 Å². The van der Waals surface area contributed by atoms with Gasteiger partial charge in [0.05, 0.1) is 11.6 Å². The van der Waals surface area contributed by atoms with E-state index in [9.17, 15) is 4.79 Å². The lowest BCUT2D eigenvalue weighted by molar-refractivity contribution is -0.135. The van der Waals surface area contributed by atoms with Crippen LogP contribution in [-0.2, 0) is 11.3 Å². The lowest BCUT2D eigenvalue weighted by atomic mass is 9.92. The maximum atomic E-state index is 12.4. The highest BCUT2D eigenvalue weighted by molar-refractivity contribution is 5.78. The van der Waals surface area contributed by atoms with Crippen molar-refractivity contribution in [3.8, 4) is 6.07 Å². The van der Waals surface area contributed by atoms with E-state index in [0.717, 1.165) is 24.9 Å². The second-order valence-electron chi connectivity index (χ2n) is 5.58. The zero-order valence-corrected chi connectivity index (χ0v) is 12.1. The van der Waals surface area contributed by atoms with E-state index in [4.69, 9.17) is 5.26 Å². The first kappa shape index (κ1) is 14.5. The summed E-state index contributed by atoms with van der Waals surface area (Å²) in [5, 5.41) is 12.3. The van der Waals surface area contributed by atoms with Crippen LogP contribution in [0.3, 0.4) is 0 Å². The Kier molecular flexibility index (Phi) is 4.75. The van der Waals surface area contributed by atoms with Gasteiger partial charge in [0, 0.05) is 25.6 Å². The fourth-order valence-electron chi connectivity index (χ4n) is 2.76. The number of benzene rings is 1. The van der Waals surface area contributed by atoms with Crippen LogP contribution in [0, 0.1) is 17.2 Å². The maximum absolute atomic E-state index is 12.4. The topological polar surface area (TPSA) is 56.1 Å². The van der Waals surface area contributed by atoms with Gasteiger partial charge in [-0.1, -0.05) is 12.1 Å². The molecule has 1 aliphatic rings. The molecular formula is C16H21N3O. The van der Waals surface area contributed by atoms with E-state index in [1.54, 1.807) is 11.0 Å². The van der Waals surface area contributed by atoms with Gasteiger partial charge in [0.1, 0.15) is 0 Å². The number of hydrogen-bond donors (Lipinski definition) is 1. The third-order valence-electron chi connectivity index (χ3n) is 3.82. The standard InChI is InChI=1S/C16H21N3O/c1-12-8-15(6-7-18-12)16(20)19(2)11-14-5-3-4-13(9-14)10-17/h3-5,9,12,15,18H,6-8,11H2,1-2H3. The van der Waals surface area contributed by atoms with E-state index < -0.39 is 0 Å². The highest BCUT2D eigenvalue weighted by atomic mass is 16.2. The SMILES string of the molecule is CC1CC(C(=O)N(C)Cc2cccc(C#N)c2)CCN1. The van der Waals surface area contributed by atoms with Crippen molar-refractivity contribution in [1.82, 2.24) is 10.2 Å². The molecule has 20 heavy (non-hydrogen) atoms. The summed E-state index contributed by atoms with van der Waals surface area (Å²) in [6, 6.07) is 9.97. The molecule has 0 bridgehead atoms. The Labute approximate surface area is 120 Å². The van der Waals surface area contributed by atoms with Crippen molar-refractivity contribution in [2.45, 2.75) is 32.4 Å². The van der Waals surface area contributed by atoms with Crippen LogP contribution < -0.4 is 5.32 Å². The van der Waals surface area contributed by atoms with Gasteiger partial charge in [0.15, 0.2) is 0 Å². The minimum Gasteiger partial charge on any atom is -0.341 e. The van der Waals surface area contributed by atoms with E-state index >= 15 is 0 Å². The number of amides is 1. The summed E-state index contributed by atoms with van der Waals surface area (Å²) in [6.45, 7) is 3.60. The monoisotopic (exact) mass is 271 g/mol. The maximum Gasteiger partial charge on any atom is 0.225 e. The van der Waals surface area contributed by atoms with Crippen LogP contribution in [0.1, 0.15) is 30.9 Å². The Morgan fingerprint density at radius 1 is 1.55 bits per heavy atom. The zero-order valence-electron chi connectivity index (χ0n) is 12.1. The third-order valence-corrected chi connectivity index (χ3v) is 3.82. The number of nitrogens with zero attached hydrogens (tertiary/aromatic N) is 2. The van der Waals surface area contributed by atoms with Gasteiger partial charge in [0.25, 0.3) is 0 Å². The molecule has 1 amide bonds. The van der Waals surface area contributed by atoms with Crippen LogP contribution in [0.5, 0.6) is 0 Å². The van der Waals surface area contributed by atoms with Gasteiger partial charge in [-0.3, -0.25) is 4.79 Å². The van der Waals surface area contributed by atoms with Gasteiger partial charge in [-0.25, -0.2) is 0 Å². The number of carbonyl (C=O) groups excluding carboxylic acids is 1. The summed E-state index contributed by atoms with van der Waals surface area (Å²) >= 11 is 0. The number of nitriles is 1. The molecule has 4 nitrogen and oxygen atoms in total. The molecule has 1 aromatic carbocycles. The molecule has 2 atom stereocenters. The summed E-state index contributed by atoms with van der Waals surface area (Å²) < 4.78 is 0. The quantitative estimate of drug-likeness (QED) is 0.913. The van der Waals surface area contributed by atoms with E-state index in [-0.39, 0.29) is 11.8 Å². The fourth-order valence-corrected chi connectivity index (χ4v) is 2.76. The number of hydrogen-bond acceptors (Lipinski definition) is 3. The lowest BCUT2D eigenvalue weighted by Crippen LogP contribution is -2.42. The molecule has 1 aliphatic heterocycles. The third kappa shape index (κ3) is 3.58. The van der Waals surface area contributed by atoms with Gasteiger partial charge < -0.3 is 10.2 Å². The normalized spacial score (nSPS) is 22.1. The molecule has 1 N–H and O–H groups in total. The van der Waals surface area contributed by atoms with Gasteiger partial charge in [-0.15, -0.1) is 0 Å². The van der Waals surface area contributed by atoms with E-state index in [2.05, 4.69) is 18.3 Å². The van der Waals surface area contributed by atoms with Crippen LogP contribution in [0.4, 0.5) is 0 Å². The molecule has 1 heterocycles. The number of nitrogens with one attached hydrogen (secondary N) is 1. The fraction of sp³-hybridized carbons (Fsp3) is 0.500. The van der Waals surface area contributed by atoms with Crippen molar-refractivity contribution < 1.29 is 4.79 Å². The number of rotatable bonds is 3. The molecule has 0 radical (unpaired) electrons. The molecule has 0 aliphatic carbocycles. The summed E-state index contributed by atoms with van der Waals surface area (Å²) in [4.78, 5) is 14.2. The molecule has 106 valence electrons. The van der Waals surface area contributed by atoms with Crippen molar-refractivity contribution in [2.75, 3.05) is 13.6 Å². The van der Waals surface area contributed by atoms with Crippen LogP contribution in [-0.4, -0.2) is 30.4 Å². The first-order valence-electron chi connectivity index (χ1n) is 7.07. The molecule has 2 unspecified atom stereocenters. The lowest BCUT2D eigenvalue weighted by Gasteiger charge is -2.30. The number of carbonyl (C=O) groups is 1. The average Bonchev–Trinajstić information content (AvgIpc) is 2.46. The summed E-state index contributed by atoms with van der Waals surface area (Å²) in [5.41, 5.74) is 1.64. The van der Waals surface area contributed by atoms with Gasteiger partial charge in [-0.05, 0) is 44.0 Å². The molecular weight excluding hydrogens is 250 g/mol. The van der Waals surface area contributed by atoms with Crippen LogP contribution >= 0.6 is 0 Å². The molecule has 1 saturated heterocycles. The molecule has 1 fully saturated rings. The molecule has 0 aromatic heterocycles. The van der Waals surface area contributed by atoms with E-state index in [1.165, 1.54) is 0 Å². The minimum absolute atomic E-state index is 0.121. The van der Waals surface area contributed by atoms with Crippen molar-refractivity contribution in [2.24, 2.45) is 5.92 Å². The van der Waals surface area contributed by atoms with Crippen molar-refractivity contribution in [1.29, 1.82) is 5.26 Å². The Morgan fingerprint density at radius 2 is 2.35 bits per heavy atom. The van der Waals surface area contributed by atoms with E-state index in [0.29, 0.717) is 18.2 Å². The Bertz CT molecular complexity index is 521. The Balaban J connectivity index is 1.98. The predicted molar refractivity (Wildman–Crippen MR) is 77.8 cm³/mol. The molecule has 0 spiro atoms. The van der Waals surface area contributed by atoms with Crippen molar-refractivity contribution >= 4 is 5.91 Å². The van der Waals surface area contributed by atoms with E-state index in [1.807, 2.05) is 25.2 Å². The summed E-state index contributed by atoms with van der Waals surface area (Å²) in [7, 11) is 1.84. The molecule has 4 heteroatoms. The summed E-state index contributed by atoms with van der Waals surface area (Å²) in [5.74, 6) is 0.330. The molecule has 0 saturated carbocycles. The largest absolute Gasteiger partial charge is 0.341 e. The highest BCUT2D eigenvalue weighted by Gasteiger charge is 2.26. The molecule has 2 rings (SSSR count). The second kappa shape index (κ2) is 6.53. The predicted octanol–water partition coefficient (Wildman–Crippen LogP) is 1.90.